The number of fused-ring (bicyclic) bond motifs is 1. The minimum Gasteiger partial charge on any atom is -0.484 e. The van der Waals surface area contributed by atoms with Crippen LogP contribution in [0.1, 0.15) is 62.5 Å². The number of benzene rings is 1. The summed E-state index contributed by atoms with van der Waals surface area (Å²) in [5, 5.41) is 0. The quantitative estimate of drug-likeness (QED) is 0.768. The van der Waals surface area contributed by atoms with Crippen LogP contribution in [0.15, 0.2) is 18.2 Å². The Labute approximate surface area is 166 Å². The van der Waals surface area contributed by atoms with E-state index in [1.807, 2.05) is 12.1 Å². The molecular formula is C23H30N2O3. The predicted molar refractivity (Wildman–Crippen MR) is 105 cm³/mol. The largest absolute Gasteiger partial charge is 0.484 e. The summed E-state index contributed by atoms with van der Waals surface area (Å²) in [6, 6.07) is 6.03. The second-order valence-corrected chi connectivity index (χ2v) is 9.76. The van der Waals surface area contributed by atoms with Crippen molar-refractivity contribution in [2.24, 2.45) is 23.2 Å². The topological polar surface area (TPSA) is 67.4 Å². The van der Waals surface area contributed by atoms with Crippen LogP contribution in [0, 0.1) is 23.2 Å². The zero-order chi connectivity index (χ0) is 19.1. The number of ether oxygens (including phenoxy) is 1. The Kier molecular flexibility index (Phi) is 4.56. The molecule has 150 valence electrons. The number of hydrazine groups is 1. The third-order valence-corrected chi connectivity index (χ3v) is 7.48. The van der Waals surface area contributed by atoms with Crippen LogP contribution in [0.5, 0.6) is 5.75 Å². The maximum atomic E-state index is 12.5. The van der Waals surface area contributed by atoms with Gasteiger partial charge in [0.05, 0.1) is 0 Å². The average molecular weight is 383 g/mol. The van der Waals surface area contributed by atoms with E-state index in [0.717, 1.165) is 36.3 Å². The lowest BCUT2D eigenvalue weighted by Crippen LogP contribution is -2.50. The third kappa shape index (κ3) is 3.63. The Morgan fingerprint density at radius 3 is 2.29 bits per heavy atom. The Morgan fingerprint density at radius 2 is 1.57 bits per heavy atom. The Hall–Kier alpha value is -2.04. The first-order chi connectivity index (χ1) is 13.6. The highest BCUT2D eigenvalue weighted by molar-refractivity contribution is 5.83. The van der Waals surface area contributed by atoms with Crippen LogP contribution < -0.4 is 15.6 Å². The summed E-state index contributed by atoms with van der Waals surface area (Å²) in [6.45, 7) is -0.0869. The number of amides is 2. The van der Waals surface area contributed by atoms with Gasteiger partial charge in [-0.1, -0.05) is 6.07 Å². The van der Waals surface area contributed by atoms with E-state index < -0.39 is 0 Å². The van der Waals surface area contributed by atoms with Crippen molar-refractivity contribution in [3.8, 4) is 5.75 Å². The maximum Gasteiger partial charge on any atom is 0.276 e. The average Bonchev–Trinajstić information content (AvgIpc) is 3.11. The number of hydrogen-bond donors (Lipinski definition) is 2. The number of hydrogen-bond acceptors (Lipinski definition) is 3. The van der Waals surface area contributed by atoms with Crippen LogP contribution in [-0.4, -0.2) is 18.4 Å². The maximum absolute atomic E-state index is 12.5. The summed E-state index contributed by atoms with van der Waals surface area (Å²) in [4.78, 5) is 24.5. The van der Waals surface area contributed by atoms with Gasteiger partial charge < -0.3 is 4.74 Å². The monoisotopic (exact) mass is 382 g/mol. The Bertz CT molecular complexity index is 753. The van der Waals surface area contributed by atoms with Gasteiger partial charge in [0.2, 0.25) is 5.91 Å². The van der Waals surface area contributed by atoms with Crippen molar-refractivity contribution in [3.05, 3.63) is 29.3 Å². The molecular weight excluding hydrogens is 352 g/mol. The van der Waals surface area contributed by atoms with E-state index in [1.165, 1.54) is 56.1 Å². The van der Waals surface area contributed by atoms with Gasteiger partial charge in [0.1, 0.15) is 5.75 Å². The van der Waals surface area contributed by atoms with Gasteiger partial charge in [-0.3, -0.25) is 20.4 Å². The lowest BCUT2D eigenvalue weighted by Gasteiger charge is -2.56. The van der Waals surface area contributed by atoms with Crippen LogP contribution in [0.2, 0.25) is 0 Å². The first-order valence-corrected chi connectivity index (χ1v) is 10.9. The zero-order valence-electron chi connectivity index (χ0n) is 16.5. The van der Waals surface area contributed by atoms with Crippen molar-refractivity contribution in [2.75, 3.05) is 6.61 Å². The summed E-state index contributed by atoms with van der Waals surface area (Å²) in [7, 11) is 0. The molecule has 4 fully saturated rings. The van der Waals surface area contributed by atoms with Crippen LogP contribution in [0.4, 0.5) is 0 Å². The summed E-state index contributed by atoms with van der Waals surface area (Å²) < 4.78 is 5.60. The van der Waals surface area contributed by atoms with Crippen molar-refractivity contribution in [2.45, 2.75) is 64.2 Å². The zero-order valence-corrected chi connectivity index (χ0v) is 16.5. The molecule has 5 nitrogen and oxygen atoms in total. The molecule has 2 amide bonds. The Balaban J connectivity index is 1.08. The SMILES string of the molecule is O=C(COc1ccc2c(c1)CCC2)NNC(=O)CC12CC3CC(CC(C3)C1)C2. The van der Waals surface area contributed by atoms with Gasteiger partial charge in [-0.25, -0.2) is 0 Å². The molecule has 1 aromatic carbocycles. The molecule has 0 saturated heterocycles. The molecule has 1 aromatic rings. The van der Waals surface area contributed by atoms with Crippen molar-refractivity contribution >= 4 is 11.8 Å². The van der Waals surface area contributed by atoms with E-state index in [2.05, 4.69) is 16.9 Å². The van der Waals surface area contributed by atoms with Crippen LogP contribution >= 0.6 is 0 Å². The summed E-state index contributed by atoms with van der Waals surface area (Å²) in [6.07, 6.45) is 11.7. The van der Waals surface area contributed by atoms with E-state index in [1.54, 1.807) is 0 Å². The van der Waals surface area contributed by atoms with E-state index >= 15 is 0 Å². The second kappa shape index (κ2) is 7.09. The highest BCUT2D eigenvalue weighted by atomic mass is 16.5. The number of carbonyl (C=O) groups excluding carboxylic acids is 2. The fourth-order valence-electron chi connectivity index (χ4n) is 6.85. The fraction of sp³-hybridized carbons (Fsp3) is 0.652. The molecule has 28 heavy (non-hydrogen) atoms. The van der Waals surface area contributed by atoms with Crippen molar-refractivity contribution in [1.29, 1.82) is 0 Å². The number of carbonyl (C=O) groups is 2. The highest BCUT2D eigenvalue weighted by Gasteiger charge is 2.51. The van der Waals surface area contributed by atoms with E-state index in [9.17, 15) is 9.59 Å². The smallest absolute Gasteiger partial charge is 0.276 e. The van der Waals surface area contributed by atoms with E-state index in [0.29, 0.717) is 6.42 Å². The molecule has 0 aliphatic heterocycles. The third-order valence-electron chi connectivity index (χ3n) is 7.48. The van der Waals surface area contributed by atoms with Crippen LogP contribution in [0.3, 0.4) is 0 Å². The molecule has 5 heteroatoms. The minimum atomic E-state index is -0.320. The lowest BCUT2D eigenvalue weighted by atomic mass is 9.49. The van der Waals surface area contributed by atoms with Crippen molar-refractivity contribution in [1.82, 2.24) is 10.9 Å². The van der Waals surface area contributed by atoms with Crippen LogP contribution in [0.25, 0.3) is 0 Å². The fourth-order valence-corrected chi connectivity index (χ4v) is 6.85. The summed E-state index contributed by atoms with van der Waals surface area (Å²) >= 11 is 0. The molecule has 0 radical (unpaired) electrons. The molecule has 0 unspecified atom stereocenters. The summed E-state index contributed by atoms with van der Waals surface area (Å²) in [5.74, 6) is 2.82. The number of nitrogens with one attached hydrogen (secondary N) is 2. The minimum absolute atomic E-state index is 0.0622. The van der Waals surface area contributed by atoms with Gasteiger partial charge in [0, 0.05) is 6.42 Å². The molecule has 6 rings (SSSR count). The molecule has 0 aromatic heterocycles. The van der Waals surface area contributed by atoms with E-state index in [-0.39, 0.29) is 23.8 Å². The molecule has 0 atom stereocenters. The molecule has 4 saturated carbocycles. The first kappa shape index (κ1) is 18.0. The van der Waals surface area contributed by atoms with Gasteiger partial charge in [-0.2, -0.15) is 0 Å². The normalized spacial score (nSPS) is 32.1. The van der Waals surface area contributed by atoms with Crippen molar-refractivity contribution < 1.29 is 14.3 Å². The summed E-state index contributed by atoms with van der Waals surface area (Å²) in [5.41, 5.74) is 8.03. The van der Waals surface area contributed by atoms with Crippen LogP contribution in [-0.2, 0) is 22.4 Å². The molecule has 5 aliphatic carbocycles. The molecule has 5 aliphatic rings. The lowest BCUT2D eigenvalue weighted by molar-refractivity contribution is -0.134. The van der Waals surface area contributed by atoms with Crippen molar-refractivity contribution in [3.63, 3.8) is 0 Å². The van der Waals surface area contributed by atoms with Gasteiger partial charge in [0.15, 0.2) is 6.61 Å². The second-order valence-electron chi connectivity index (χ2n) is 9.76. The standard InChI is InChI=1S/C23H30N2O3/c26-21(13-23-10-15-6-16(11-23)8-17(7-15)12-23)24-25-22(27)14-28-20-5-4-18-2-1-3-19(18)9-20/h4-5,9,15-17H,1-3,6-8,10-14H2,(H,24,26)(H,25,27). The molecule has 0 spiro atoms. The highest BCUT2D eigenvalue weighted by Crippen LogP contribution is 2.61. The van der Waals surface area contributed by atoms with Gasteiger partial charge in [-0.05, 0) is 104 Å². The first-order valence-electron chi connectivity index (χ1n) is 10.9. The van der Waals surface area contributed by atoms with Gasteiger partial charge in [-0.15, -0.1) is 0 Å². The van der Waals surface area contributed by atoms with E-state index in [4.69, 9.17) is 4.74 Å². The Morgan fingerprint density at radius 1 is 0.929 bits per heavy atom. The van der Waals surface area contributed by atoms with Gasteiger partial charge >= 0.3 is 0 Å². The molecule has 2 N–H and O–H groups in total. The predicted octanol–water partition coefficient (Wildman–Crippen LogP) is 3.31. The molecule has 0 heterocycles. The molecule has 4 bridgehead atoms. The van der Waals surface area contributed by atoms with Gasteiger partial charge in [0.25, 0.3) is 5.91 Å². The number of rotatable bonds is 5. The number of aryl methyl sites for hydroxylation is 2.